The summed E-state index contributed by atoms with van der Waals surface area (Å²) < 4.78 is 32.8. The van der Waals surface area contributed by atoms with Crippen LogP contribution in [0.25, 0.3) is 10.8 Å². The fourth-order valence-corrected chi connectivity index (χ4v) is 4.10. The van der Waals surface area contributed by atoms with Crippen LogP contribution in [0.1, 0.15) is 6.42 Å². The molecule has 0 radical (unpaired) electrons. The van der Waals surface area contributed by atoms with E-state index in [0.29, 0.717) is 5.39 Å². The summed E-state index contributed by atoms with van der Waals surface area (Å²) in [6.07, 6.45) is 1.17. The van der Waals surface area contributed by atoms with E-state index >= 15 is 0 Å². The first-order valence-electron chi connectivity index (χ1n) is 6.98. The first-order chi connectivity index (χ1) is 9.99. The van der Waals surface area contributed by atoms with E-state index in [1.807, 2.05) is 24.3 Å². The minimum Gasteiger partial charge on any atom is -0.367 e. The van der Waals surface area contributed by atoms with Gasteiger partial charge >= 0.3 is 0 Å². The van der Waals surface area contributed by atoms with E-state index in [1.165, 1.54) is 12.5 Å². The number of anilines is 1. The summed E-state index contributed by atoms with van der Waals surface area (Å²) in [7, 11) is -4.23. The van der Waals surface area contributed by atoms with Gasteiger partial charge in [-0.3, -0.25) is 4.55 Å². The van der Waals surface area contributed by atoms with Gasteiger partial charge in [0.15, 0.2) is 0 Å². The zero-order valence-corrected chi connectivity index (χ0v) is 12.2. The van der Waals surface area contributed by atoms with Gasteiger partial charge in [-0.25, -0.2) is 0 Å². The Morgan fingerprint density at radius 3 is 2.38 bits per heavy atom. The van der Waals surface area contributed by atoms with Gasteiger partial charge in [-0.05, 0) is 30.5 Å². The van der Waals surface area contributed by atoms with E-state index in [4.69, 9.17) is 0 Å². The molecule has 110 valence electrons. The molecule has 1 spiro atoms. The summed E-state index contributed by atoms with van der Waals surface area (Å²) in [5, 5.41) is 4.87. The minimum absolute atomic E-state index is 0.0156. The molecule has 2 aromatic rings. The third-order valence-electron chi connectivity index (χ3n) is 4.55. The lowest BCUT2D eigenvalue weighted by Crippen LogP contribution is -2.75. The van der Waals surface area contributed by atoms with Gasteiger partial charge in [-0.2, -0.15) is 8.42 Å². The van der Waals surface area contributed by atoms with Gasteiger partial charge in [0, 0.05) is 24.2 Å². The standard InChI is InChI=1S/C15H16N2O3S/c18-21(19,20)13-6-2-4-11-3-1-5-12(14(11)13)17-9-15(10-17)7-8-16-15/h1-6,16H,7-10H2,(H,18,19,20). The van der Waals surface area contributed by atoms with E-state index in [0.717, 1.165) is 30.7 Å². The van der Waals surface area contributed by atoms with Crippen LogP contribution in [0, 0.1) is 0 Å². The predicted molar refractivity (Wildman–Crippen MR) is 81.3 cm³/mol. The molecular formula is C15H16N2O3S. The summed E-state index contributed by atoms with van der Waals surface area (Å²) in [6.45, 7) is 2.82. The van der Waals surface area contributed by atoms with Crippen LogP contribution in [0.15, 0.2) is 41.3 Å². The maximum atomic E-state index is 11.6. The van der Waals surface area contributed by atoms with Gasteiger partial charge < -0.3 is 10.2 Å². The quantitative estimate of drug-likeness (QED) is 0.826. The van der Waals surface area contributed by atoms with Gasteiger partial charge in [0.25, 0.3) is 10.1 Å². The third-order valence-corrected chi connectivity index (χ3v) is 5.45. The second-order valence-corrected chi connectivity index (χ2v) is 7.31. The molecule has 0 aliphatic carbocycles. The van der Waals surface area contributed by atoms with Gasteiger partial charge in [-0.15, -0.1) is 0 Å². The van der Waals surface area contributed by atoms with Crippen molar-refractivity contribution in [2.45, 2.75) is 16.9 Å². The molecule has 4 rings (SSSR count). The maximum Gasteiger partial charge on any atom is 0.295 e. The number of hydrogen-bond acceptors (Lipinski definition) is 4. The summed E-state index contributed by atoms with van der Waals surface area (Å²) >= 11 is 0. The lowest BCUT2D eigenvalue weighted by atomic mass is 9.80. The molecule has 6 heteroatoms. The Balaban J connectivity index is 1.86. The van der Waals surface area contributed by atoms with Crippen LogP contribution in [-0.2, 0) is 10.1 Å². The van der Waals surface area contributed by atoms with Crippen molar-refractivity contribution in [3.63, 3.8) is 0 Å². The fraction of sp³-hybridized carbons (Fsp3) is 0.333. The van der Waals surface area contributed by atoms with Crippen LogP contribution in [0.4, 0.5) is 5.69 Å². The number of nitrogens with zero attached hydrogens (tertiary/aromatic N) is 1. The zero-order chi connectivity index (χ0) is 14.7. The molecule has 0 bridgehead atoms. The van der Waals surface area contributed by atoms with Crippen LogP contribution >= 0.6 is 0 Å². The largest absolute Gasteiger partial charge is 0.367 e. The molecule has 2 aliphatic heterocycles. The lowest BCUT2D eigenvalue weighted by molar-refractivity contribution is 0.160. The van der Waals surface area contributed by atoms with Gasteiger partial charge in [-0.1, -0.05) is 24.3 Å². The summed E-state index contributed by atoms with van der Waals surface area (Å²) in [4.78, 5) is 2.15. The van der Waals surface area contributed by atoms with Crippen LogP contribution < -0.4 is 10.2 Å². The van der Waals surface area contributed by atoms with Crippen molar-refractivity contribution in [1.82, 2.24) is 5.32 Å². The molecule has 2 fully saturated rings. The van der Waals surface area contributed by atoms with Gasteiger partial charge in [0.1, 0.15) is 4.90 Å². The topological polar surface area (TPSA) is 69.6 Å². The van der Waals surface area contributed by atoms with E-state index in [9.17, 15) is 13.0 Å². The van der Waals surface area contributed by atoms with Crippen molar-refractivity contribution in [2.24, 2.45) is 0 Å². The molecule has 0 aromatic heterocycles. The van der Waals surface area contributed by atoms with Gasteiger partial charge in [0.05, 0.1) is 5.54 Å². The van der Waals surface area contributed by atoms with Crippen LogP contribution in [0.5, 0.6) is 0 Å². The molecule has 2 saturated heterocycles. The first kappa shape index (κ1) is 13.1. The first-order valence-corrected chi connectivity index (χ1v) is 8.42. The van der Waals surface area contributed by atoms with Crippen LogP contribution in [-0.4, -0.2) is 38.1 Å². The third kappa shape index (κ3) is 1.94. The van der Waals surface area contributed by atoms with Gasteiger partial charge in [0.2, 0.25) is 0 Å². The second-order valence-electron chi connectivity index (χ2n) is 5.92. The van der Waals surface area contributed by atoms with Crippen LogP contribution in [0.3, 0.4) is 0 Å². The Morgan fingerprint density at radius 1 is 1.14 bits per heavy atom. The zero-order valence-electron chi connectivity index (χ0n) is 11.4. The normalized spacial score (nSPS) is 20.3. The molecule has 2 N–H and O–H groups in total. The van der Waals surface area contributed by atoms with E-state index < -0.39 is 10.1 Å². The van der Waals surface area contributed by atoms with Crippen molar-refractivity contribution in [2.75, 3.05) is 24.5 Å². The molecule has 0 unspecified atom stereocenters. The molecule has 21 heavy (non-hydrogen) atoms. The highest BCUT2D eigenvalue weighted by Gasteiger charge is 2.47. The van der Waals surface area contributed by atoms with E-state index in [-0.39, 0.29) is 10.4 Å². The fourth-order valence-electron chi connectivity index (χ4n) is 3.37. The Hall–Kier alpha value is -1.63. The minimum atomic E-state index is -4.23. The summed E-state index contributed by atoms with van der Waals surface area (Å²) in [5.74, 6) is 0. The highest BCUT2D eigenvalue weighted by molar-refractivity contribution is 7.86. The Kier molecular flexibility index (Phi) is 2.61. The van der Waals surface area contributed by atoms with E-state index in [1.54, 1.807) is 6.07 Å². The average Bonchev–Trinajstić information content (AvgIpc) is 2.33. The summed E-state index contributed by atoms with van der Waals surface area (Å²) in [5.41, 5.74) is 1.09. The molecule has 5 nitrogen and oxygen atoms in total. The Bertz CT molecular complexity index is 815. The number of nitrogens with one attached hydrogen (secondary N) is 1. The number of hydrogen-bond donors (Lipinski definition) is 2. The molecule has 0 saturated carbocycles. The smallest absolute Gasteiger partial charge is 0.295 e. The second kappa shape index (κ2) is 4.19. The molecule has 2 aromatic carbocycles. The number of rotatable bonds is 2. The lowest BCUT2D eigenvalue weighted by Gasteiger charge is -2.57. The molecule has 2 heterocycles. The maximum absolute atomic E-state index is 11.6. The average molecular weight is 304 g/mol. The number of fused-ring (bicyclic) bond motifs is 1. The molecule has 0 amide bonds. The van der Waals surface area contributed by atoms with Crippen molar-refractivity contribution in [1.29, 1.82) is 0 Å². The Labute approximate surface area is 123 Å². The SMILES string of the molecule is O=S(=O)(O)c1cccc2cccc(N3CC4(CCN4)C3)c12. The highest BCUT2D eigenvalue weighted by atomic mass is 32.2. The van der Waals surface area contributed by atoms with Crippen molar-refractivity contribution in [3.05, 3.63) is 36.4 Å². The molecular weight excluding hydrogens is 288 g/mol. The van der Waals surface area contributed by atoms with Crippen LogP contribution in [0.2, 0.25) is 0 Å². The number of benzene rings is 2. The molecule has 0 atom stereocenters. The van der Waals surface area contributed by atoms with E-state index in [2.05, 4.69) is 10.2 Å². The van der Waals surface area contributed by atoms with Crippen molar-refractivity contribution >= 4 is 26.6 Å². The summed E-state index contributed by atoms with van der Waals surface area (Å²) in [6, 6.07) is 10.7. The van der Waals surface area contributed by atoms with Crippen molar-refractivity contribution in [3.8, 4) is 0 Å². The van der Waals surface area contributed by atoms with Crippen molar-refractivity contribution < 1.29 is 13.0 Å². The highest BCUT2D eigenvalue weighted by Crippen LogP contribution is 2.39. The predicted octanol–water partition coefficient (Wildman–Crippen LogP) is 1.64. The Morgan fingerprint density at radius 2 is 1.81 bits per heavy atom. The molecule has 2 aliphatic rings. The monoisotopic (exact) mass is 304 g/mol.